The predicted octanol–water partition coefficient (Wildman–Crippen LogP) is 4.05. The standard InChI is InChI=1S/C22H24FN3O2/c1-2-28-21(27)14-20(16-5-7-19(23)8-6-16)17-9-12-26(13-10-17)22-18(15-24)4-3-11-25-22/h3-8,11,17,20H,2,9-10,12-14H2,1H3. The highest BCUT2D eigenvalue weighted by Gasteiger charge is 2.30. The SMILES string of the molecule is CCOC(=O)CC(c1ccc(F)cc1)C1CCN(c2ncccc2C#N)CC1. The van der Waals surface area contributed by atoms with Crippen molar-refractivity contribution in [3.05, 3.63) is 59.5 Å². The van der Waals surface area contributed by atoms with Crippen LogP contribution in [0, 0.1) is 23.1 Å². The number of anilines is 1. The quantitative estimate of drug-likeness (QED) is 0.707. The Morgan fingerprint density at radius 3 is 2.68 bits per heavy atom. The van der Waals surface area contributed by atoms with Crippen molar-refractivity contribution >= 4 is 11.8 Å². The zero-order valence-corrected chi connectivity index (χ0v) is 16.0. The third kappa shape index (κ3) is 4.66. The van der Waals surface area contributed by atoms with Crippen molar-refractivity contribution < 1.29 is 13.9 Å². The lowest BCUT2D eigenvalue weighted by Crippen LogP contribution is -2.37. The molecule has 0 saturated carbocycles. The first-order chi connectivity index (χ1) is 13.6. The Balaban J connectivity index is 1.74. The molecule has 2 heterocycles. The number of esters is 1. The largest absolute Gasteiger partial charge is 0.466 e. The van der Waals surface area contributed by atoms with Gasteiger partial charge in [0, 0.05) is 19.3 Å². The minimum atomic E-state index is -0.285. The maximum absolute atomic E-state index is 13.4. The molecule has 1 atom stereocenters. The van der Waals surface area contributed by atoms with Crippen LogP contribution in [0.5, 0.6) is 0 Å². The molecular formula is C22H24FN3O2. The number of nitriles is 1. The van der Waals surface area contributed by atoms with Gasteiger partial charge in [-0.1, -0.05) is 12.1 Å². The number of aromatic nitrogens is 1. The van der Waals surface area contributed by atoms with Gasteiger partial charge < -0.3 is 9.64 Å². The van der Waals surface area contributed by atoms with Gasteiger partial charge in [0.1, 0.15) is 17.7 Å². The number of piperidine rings is 1. The fourth-order valence-electron chi connectivity index (χ4n) is 3.92. The lowest BCUT2D eigenvalue weighted by atomic mass is 9.78. The maximum atomic E-state index is 13.4. The van der Waals surface area contributed by atoms with Crippen LogP contribution in [0.2, 0.25) is 0 Å². The molecule has 146 valence electrons. The first kappa shape index (κ1) is 19.8. The summed E-state index contributed by atoms with van der Waals surface area (Å²) < 4.78 is 18.5. The van der Waals surface area contributed by atoms with Crippen LogP contribution in [-0.2, 0) is 9.53 Å². The van der Waals surface area contributed by atoms with Gasteiger partial charge in [0.25, 0.3) is 0 Å². The number of ether oxygens (including phenoxy) is 1. The van der Waals surface area contributed by atoms with Crippen LogP contribution in [-0.4, -0.2) is 30.6 Å². The maximum Gasteiger partial charge on any atom is 0.306 e. The molecule has 5 nitrogen and oxygen atoms in total. The van der Waals surface area contributed by atoms with E-state index in [0.717, 1.165) is 31.5 Å². The highest BCUT2D eigenvalue weighted by Crippen LogP contribution is 2.37. The zero-order valence-electron chi connectivity index (χ0n) is 16.0. The lowest BCUT2D eigenvalue weighted by molar-refractivity contribution is -0.143. The van der Waals surface area contributed by atoms with Gasteiger partial charge in [0.05, 0.1) is 18.6 Å². The Hall–Kier alpha value is -2.94. The summed E-state index contributed by atoms with van der Waals surface area (Å²) in [5.74, 6) is 0.469. The molecule has 1 aromatic heterocycles. The van der Waals surface area contributed by atoms with E-state index in [1.807, 2.05) is 0 Å². The van der Waals surface area contributed by atoms with Crippen LogP contribution in [0.3, 0.4) is 0 Å². The Labute approximate surface area is 164 Å². The Bertz CT molecular complexity index is 840. The molecule has 6 heteroatoms. The zero-order chi connectivity index (χ0) is 19.9. The van der Waals surface area contributed by atoms with Gasteiger partial charge in [-0.2, -0.15) is 5.26 Å². The first-order valence-corrected chi connectivity index (χ1v) is 9.63. The van der Waals surface area contributed by atoms with E-state index in [1.165, 1.54) is 12.1 Å². The first-order valence-electron chi connectivity index (χ1n) is 9.63. The van der Waals surface area contributed by atoms with E-state index in [2.05, 4.69) is 16.0 Å². The van der Waals surface area contributed by atoms with E-state index in [0.29, 0.717) is 18.0 Å². The van der Waals surface area contributed by atoms with Crippen molar-refractivity contribution in [1.82, 2.24) is 4.98 Å². The number of nitrogens with zero attached hydrogens (tertiary/aromatic N) is 3. The van der Waals surface area contributed by atoms with Crippen LogP contribution in [0.4, 0.5) is 10.2 Å². The number of hydrogen-bond acceptors (Lipinski definition) is 5. The van der Waals surface area contributed by atoms with Gasteiger partial charge in [0.15, 0.2) is 0 Å². The fourth-order valence-corrected chi connectivity index (χ4v) is 3.92. The number of carbonyl (C=O) groups excluding carboxylic acids is 1. The molecule has 1 unspecified atom stereocenters. The highest BCUT2D eigenvalue weighted by atomic mass is 19.1. The molecule has 1 aliphatic rings. The minimum absolute atomic E-state index is 0.0130. The number of hydrogen-bond donors (Lipinski definition) is 0. The van der Waals surface area contributed by atoms with E-state index in [-0.39, 0.29) is 30.0 Å². The second kappa shape index (κ2) is 9.32. The average molecular weight is 381 g/mol. The van der Waals surface area contributed by atoms with Crippen molar-refractivity contribution in [2.45, 2.75) is 32.1 Å². The Morgan fingerprint density at radius 2 is 2.04 bits per heavy atom. The highest BCUT2D eigenvalue weighted by molar-refractivity contribution is 5.70. The molecule has 2 aromatic rings. The summed E-state index contributed by atoms with van der Waals surface area (Å²) >= 11 is 0. The third-order valence-corrected chi connectivity index (χ3v) is 5.31. The summed E-state index contributed by atoms with van der Waals surface area (Å²) in [4.78, 5) is 18.7. The van der Waals surface area contributed by atoms with Gasteiger partial charge >= 0.3 is 5.97 Å². The minimum Gasteiger partial charge on any atom is -0.466 e. The number of carbonyl (C=O) groups is 1. The molecule has 0 spiro atoms. The topological polar surface area (TPSA) is 66.2 Å². The summed E-state index contributed by atoms with van der Waals surface area (Å²) in [5, 5.41) is 9.31. The summed E-state index contributed by atoms with van der Waals surface area (Å²) in [5.41, 5.74) is 1.53. The van der Waals surface area contributed by atoms with Crippen molar-refractivity contribution in [2.75, 3.05) is 24.6 Å². The average Bonchev–Trinajstić information content (AvgIpc) is 2.73. The molecule has 0 aliphatic carbocycles. The van der Waals surface area contributed by atoms with Gasteiger partial charge in [-0.3, -0.25) is 4.79 Å². The van der Waals surface area contributed by atoms with Gasteiger partial charge in [-0.15, -0.1) is 0 Å². The molecule has 3 rings (SSSR count). The summed E-state index contributed by atoms with van der Waals surface area (Å²) in [7, 11) is 0. The van der Waals surface area contributed by atoms with E-state index in [4.69, 9.17) is 4.74 Å². The summed E-state index contributed by atoms with van der Waals surface area (Å²) in [6.45, 7) is 3.67. The van der Waals surface area contributed by atoms with Crippen molar-refractivity contribution in [3.63, 3.8) is 0 Å². The number of rotatable bonds is 6. The number of halogens is 1. The van der Waals surface area contributed by atoms with Gasteiger partial charge in [-0.05, 0) is 61.4 Å². The molecule has 1 aliphatic heterocycles. The van der Waals surface area contributed by atoms with Gasteiger partial charge in [0.2, 0.25) is 0 Å². The molecule has 0 amide bonds. The Morgan fingerprint density at radius 1 is 1.32 bits per heavy atom. The van der Waals surface area contributed by atoms with Crippen LogP contribution >= 0.6 is 0 Å². The van der Waals surface area contributed by atoms with Crippen LogP contribution in [0.15, 0.2) is 42.6 Å². The van der Waals surface area contributed by atoms with Crippen LogP contribution < -0.4 is 4.90 Å². The van der Waals surface area contributed by atoms with Crippen LogP contribution in [0.1, 0.15) is 43.2 Å². The number of pyridine rings is 1. The molecular weight excluding hydrogens is 357 g/mol. The lowest BCUT2D eigenvalue weighted by Gasteiger charge is -2.37. The van der Waals surface area contributed by atoms with Crippen molar-refractivity contribution in [3.8, 4) is 6.07 Å². The second-order valence-corrected chi connectivity index (χ2v) is 6.98. The number of benzene rings is 1. The third-order valence-electron chi connectivity index (χ3n) is 5.31. The second-order valence-electron chi connectivity index (χ2n) is 6.98. The smallest absolute Gasteiger partial charge is 0.306 e. The van der Waals surface area contributed by atoms with E-state index >= 15 is 0 Å². The Kier molecular flexibility index (Phi) is 6.59. The molecule has 28 heavy (non-hydrogen) atoms. The monoisotopic (exact) mass is 381 g/mol. The summed E-state index contributed by atoms with van der Waals surface area (Å²) in [6.07, 6.45) is 3.72. The molecule has 1 aromatic carbocycles. The van der Waals surface area contributed by atoms with Crippen LogP contribution in [0.25, 0.3) is 0 Å². The van der Waals surface area contributed by atoms with E-state index in [9.17, 15) is 14.4 Å². The molecule has 1 fully saturated rings. The molecule has 0 radical (unpaired) electrons. The molecule has 0 N–H and O–H groups in total. The van der Waals surface area contributed by atoms with E-state index in [1.54, 1.807) is 37.4 Å². The van der Waals surface area contributed by atoms with Crippen molar-refractivity contribution in [1.29, 1.82) is 5.26 Å². The normalized spacial score (nSPS) is 15.7. The molecule has 0 bridgehead atoms. The fraction of sp³-hybridized carbons (Fsp3) is 0.409. The van der Waals surface area contributed by atoms with Gasteiger partial charge in [-0.25, -0.2) is 9.37 Å². The summed E-state index contributed by atoms with van der Waals surface area (Å²) in [6, 6.07) is 12.1. The predicted molar refractivity (Wildman–Crippen MR) is 104 cm³/mol. The molecule has 1 saturated heterocycles. The van der Waals surface area contributed by atoms with E-state index < -0.39 is 0 Å². The van der Waals surface area contributed by atoms with Crippen molar-refractivity contribution in [2.24, 2.45) is 5.92 Å².